The molecule has 2 N–H and O–H groups in total. The Labute approximate surface area is 241 Å². The lowest BCUT2D eigenvalue weighted by Gasteiger charge is -2.30. The summed E-state index contributed by atoms with van der Waals surface area (Å²) in [6.45, 7) is 8.26. The van der Waals surface area contributed by atoms with Gasteiger partial charge in [-0.05, 0) is 70.1 Å². The van der Waals surface area contributed by atoms with Crippen molar-refractivity contribution in [1.29, 1.82) is 0 Å². The van der Waals surface area contributed by atoms with Crippen LogP contribution in [0.25, 0.3) is 0 Å². The Morgan fingerprint density at radius 2 is 1.65 bits per heavy atom. The summed E-state index contributed by atoms with van der Waals surface area (Å²) in [5.74, 6) is -3.46. The fourth-order valence-electron chi connectivity index (χ4n) is 5.71. The van der Waals surface area contributed by atoms with Crippen LogP contribution in [0.3, 0.4) is 0 Å². The van der Waals surface area contributed by atoms with Gasteiger partial charge < -0.3 is 10.6 Å². The van der Waals surface area contributed by atoms with E-state index >= 15 is 0 Å². The topological polar surface area (TPSA) is 80.5 Å². The molecule has 4 unspecified atom stereocenters. The maximum Gasteiger partial charge on any atom is 0.255 e. The van der Waals surface area contributed by atoms with Crippen LogP contribution in [0.15, 0.2) is 77.5 Å². The third-order valence-corrected chi connectivity index (χ3v) is 9.64. The van der Waals surface area contributed by atoms with Crippen molar-refractivity contribution in [3.8, 4) is 0 Å². The van der Waals surface area contributed by atoms with Crippen molar-refractivity contribution in [2.24, 2.45) is 11.7 Å². The predicted molar refractivity (Wildman–Crippen MR) is 157 cm³/mol. The Balaban J connectivity index is 1.76. The number of aryl methyl sites for hydroxylation is 1. The molecule has 0 spiro atoms. The highest BCUT2D eigenvalue weighted by Gasteiger charge is 2.57. The molecule has 3 heterocycles. The molecule has 5 rings (SSSR count). The molecule has 1 fully saturated rings. The van der Waals surface area contributed by atoms with E-state index in [0.29, 0.717) is 4.88 Å². The molecule has 0 radical (unpaired) electrons. The van der Waals surface area contributed by atoms with Crippen molar-refractivity contribution in [3.05, 3.63) is 115 Å². The van der Waals surface area contributed by atoms with E-state index in [9.17, 15) is 18.8 Å². The van der Waals surface area contributed by atoms with Crippen LogP contribution in [0.5, 0.6) is 0 Å². The van der Waals surface area contributed by atoms with E-state index in [0.717, 1.165) is 27.6 Å². The van der Waals surface area contributed by atoms with Crippen LogP contribution in [0, 0.1) is 18.7 Å². The molecule has 206 valence electrons. The Morgan fingerprint density at radius 3 is 2.20 bits per heavy atom. The van der Waals surface area contributed by atoms with Gasteiger partial charge in [-0.15, -0.1) is 22.7 Å². The minimum atomic E-state index is -1.13. The van der Waals surface area contributed by atoms with Crippen LogP contribution in [-0.2, 0) is 10.2 Å². The molecule has 2 aromatic heterocycles. The van der Waals surface area contributed by atoms with Gasteiger partial charge in [-0.3, -0.25) is 14.4 Å². The first-order valence-electron chi connectivity index (χ1n) is 13.1. The number of likely N-dealkylation sites (tertiary alicyclic amines) is 1. The minimum Gasteiger partial charge on any atom is -0.368 e. The van der Waals surface area contributed by atoms with Crippen molar-refractivity contribution < 1.29 is 18.8 Å². The molecule has 1 saturated heterocycles. The standard InChI is InChI=1S/C32H31FN2O3S2/c1-18-14-16-40-29(18)26-25(28(36)23-9-6-15-39-23)24(19-10-12-21(13-11-19)32(2,3)4)27(30(34)37)35(26)31(38)20-7-5-8-22(33)17-20/h5-17,24-27H,1-4H3,(H2,34,37). The van der Waals surface area contributed by atoms with Crippen molar-refractivity contribution in [2.75, 3.05) is 0 Å². The van der Waals surface area contributed by atoms with Crippen molar-refractivity contribution in [1.82, 2.24) is 4.90 Å². The number of primary amides is 1. The van der Waals surface area contributed by atoms with Gasteiger partial charge in [0.25, 0.3) is 5.91 Å². The second kappa shape index (κ2) is 10.7. The normalized spacial score (nSPS) is 21.0. The van der Waals surface area contributed by atoms with Gasteiger partial charge in [0.15, 0.2) is 5.78 Å². The van der Waals surface area contributed by atoms with E-state index in [-0.39, 0.29) is 16.8 Å². The van der Waals surface area contributed by atoms with E-state index in [4.69, 9.17) is 5.73 Å². The molecular formula is C32H31FN2O3S2. The monoisotopic (exact) mass is 574 g/mol. The van der Waals surface area contributed by atoms with E-state index < -0.39 is 41.6 Å². The summed E-state index contributed by atoms with van der Waals surface area (Å²) in [7, 11) is 0. The van der Waals surface area contributed by atoms with Crippen molar-refractivity contribution >= 4 is 40.3 Å². The number of thiophene rings is 2. The van der Waals surface area contributed by atoms with Gasteiger partial charge in [0, 0.05) is 16.4 Å². The SMILES string of the molecule is Cc1ccsc1C1C(C(=O)c2cccs2)C(c2ccc(C(C)(C)C)cc2)C(C(N)=O)N1C(=O)c1cccc(F)c1. The summed E-state index contributed by atoms with van der Waals surface area (Å²) in [6, 6.07) is 16.9. The molecule has 1 aliphatic rings. The van der Waals surface area contributed by atoms with Crippen LogP contribution in [0.1, 0.15) is 74.3 Å². The number of hydrogen-bond donors (Lipinski definition) is 1. The average Bonchev–Trinajstić information content (AvgIpc) is 3.66. The highest BCUT2D eigenvalue weighted by Crippen LogP contribution is 2.53. The van der Waals surface area contributed by atoms with E-state index in [2.05, 4.69) is 20.8 Å². The number of Topliss-reactive ketones (excluding diaryl/α,β-unsaturated/α-hetero) is 1. The third-order valence-electron chi connectivity index (χ3n) is 7.66. The number of carbonyl (C=O) groups excluding carboxylic acids is 3. The second-order valence-corrected chi connectivity index (χ2v) is 13.1. The number of carbonyl (C=O) groups is 3. The molecule has 1 aliphatic heterocycles. The minimum absolute atomic E-state index is 0.0940. The highest BCUT2D eigenvalue weighted by molar-refractivity contribution is 7.12. The summed E-state index contributed by atoms with van der Waals surface area (Å²) in [5, 5.41) is 3.74. The molecule has 0 bridgehead atoms. The number of rotatable bonds is 6. The molecule has 5 nitrogen and oxygen atoms in total. The lowest BCUT2D eigenvalue weighted by molar-refractivity contribution is -0.122. The maximum atomic E-state index is 14.3. The Hall–Kier alpha value is -3.62. The summed E-state index contributed by atoms with van der Waals surface area (Å²) in [5.41, 5.74) is 8.84. The second-order valence-electron chi connectivity index (χ2n) is 11.2. The molecule has 8 heteroatoms. The van der Waals surface area contributed by atoms with Crippen LogP contribution >= 0.6 is 22.7 Å². The highest BCUT2D eigenvalue weighted by atomic mass is 32.1. The summed E-state index contributed by atoms with van der Waals surface area (Å²) >= 11 is 2.76. The number of hydrogen-bond acceptors (Lipinski definition) is 5. The van der Waals surface area contributed by atoms with Gasteiger partial charge in [-0.1, -0.05) is 57.2 Å². The van der Waals surface area contributed by atoms with Crippen LogP contribution in [-0.4, -0.2) is 28.5 Å². The zero-order chi connectivity index (χ0) is 28.8. The van der Waals surface area contributed by atoms with Gasteiger partial charge in [-0.2, -0.15) is 0 Å². The Bertz CT molecular complexity index is 1550. The number of ketones is 1. The van der Waals surface area contributed by atoms with Gasteiger partial charge in [0.05, 0.1) is 16.8 Å². The summed E-state index contributed by atoms with van der Waals surface area (Å²) in [6.07, 6.45) is 0. The van der Waals surface area contributed by atoms with Gasteiger partial charge >= 0.3 is 0 Å². The molecule has 4 atom stereocenters. The smallest absolute Gasteiger partial charge is 0.255 e. The zero-order valence-electron chi connectivity index (χ0n) is 22.8. The fourth-order valence-corrected chi connectivity index (χ4v) is 7.50. The van der Waals surface area contributed by atoms with E-state index in [1.54, 1.807) is 6.07 Å². The number of benzene rings is 2. The van der Waals surface area contributed by atoms with Gasteiger partial charge in [0.2, 0.25) is 5.91 Å². The number of amides is 2. The third kappa shape index (κ3) is 5.02. The zero-order valence-corrected chi connectivity index (χ0v) is 24.4. The summed E-state index contributed by atoms with van der Waals surface area (Å²) < 4.78 is 14.3. The average molecular weight is 575 g/mol. The summed E-state index contributed by atoms with van der Waals surface area (Å²) in [4.78, 5) is 44.6. The Morgan fingerprint density at radius 1 is 0.925 bits per heavy atom. The fraction of sp³-hybridized carbons (Fsp3) is 0.281. The quantitative estimate of drug-likeness (QED) is 0.255. The lowest BCUT2D eigenvalue weighted by atomic mass is 9.77. The number of halogens is 1. The first-order chi connectivity index (χ1) is 19.0. The predicted octanol–water partition coefficient (Wildman–Crippen LogP) is 6.89. The van der Waals surface area contributed by atoms with E-state index in [1.807, 2.05) is 54.1 Å². The van der Waals surface area contributed by atoms with Gasteiger partial charge in [0.1, 0.15) is 11.9 Å². The maximum absolute atomic E-state index is 14.3. The van der Waals surface area contributed by atoms with Gasteiger partial charge in [-0.25, -0.2) is 4.39 Å². The molecular weight excluding hydrogens is 543 g/mol. The lowest BCUT2D eigenvalue weighted by Crippen LogP contribution is -2.46. The first kappa shape index (κ1) is 27.9. The molecule has 40 heavy (non-hydrogen) atoms. The molecule has 0 aliphatic carbocycles. The largest absolute Gasteiger partial charge is 0.368 e. The van der Waals surface area contributed by atoms with Crippen LogP contribution < -0.4 is 5.73 Å². The number of nitrogens with two attached hydrogens (primary N) is 1. The van der Waals surface area contributed by atoms with Crippen LogP contribution in [0.2, 0.25) is 0 Å². The first-order valence-corrected chi connectivity index (χ1v) is 14.8. The van der Waals surface area contributed by atoms with Crippen molar-refractivity contribution in [3.63, 3.8) is 0 Å². The molecule has 2 aromatic carbocycles. The Kier molecular flexibility index (Phi) is 7.50. The van der Waals surface area contributed by atoms with Crippen molar-refractivity contribution in [2.45, 2.75) is 51.1 Å². The molecule has 2 amide bonds. The molecule has 0 saturated carbocycles. The molecule has 4 aromatic rings. The van der Waals surface area contributed by atoms with Crippen LogP contribution in [0.4, 0.5) is 4.39 Å². The number of nitrogens with zero attached hydrogens (tertiary/aromatic N) is 1. The van der Waals surface area contributed by atoms with E-state index in [1.165, 1.54) is 45.8 Å².